The second-order valence-electron chi connectivity index (χ2n) is 6.38. The zero-order valence-corrected chi connectivity index (χ0v) is 20.0. The highest BCUT2D eigenvalue weighted by Crippen LogP contribution is 2.22. The average Bonchev–Trinajstić information content (AvgIpc) is 2.73. The Morgan fingerprint density at radius 1 is 0.912 bits per heavy atom. The zero-order chi connectivity index (χ0) is 25.0. The van der Waals surface area contributed by atoms with Crippen LogP contribution in [-0.2, 0) is 4.37 Å². The van der Waals surface area contributed by atoms with Gasteiger partial charge in [0.05, 0.1) is 7.11 Å². The Labute approximate surface area is 203 Å². The van der Waals surface area contributed by atoms with Gasteiger partial charge in [0.2, 0.25) is 5.88 Å². The lowest BCUT2D eigenvalue weighted by molar-refractivity contribution is -0.00282. The molecule has 0 saturated carbocycles. The number of nitrogens with one attached hydrogen (secondary N) is 1. The van der Waals surface area contributed by atoms with E-state index in [-0.39, 0.29) is 10.3 Å². The van der Waals surface area contributed by atoms with Gasteiger partial charge < -0.3 is 18.8 Å². The highest BCUT2D eigenvalue weighted by atomic mass is 35.5. The minimum atomic E-state index is -3.67. The molecule has 0 saturated heterocycles. The number of aromatic nitrogens is 4. The van der Waals surface area contributed by atoms with Crippen molar-refractivity contribution >= 4 is 52.6 Å². The van der Waals surface area contributed by atoms with E-state index in [0.29, 0.717) is 27.2 Å². The van der Waals surface area contributed by atoms with E-state index in [1.165, 1.54) is 0 Å². The van der Waals surface area contributed by atoms with Crippen molar-refractivity contribution < 1.29 is 26.8 Å². The van der Waals surface area contributed by atoms with E-state index in [4.69, 9.17) is 27.9 Å². The van der Waals surface area contributed by atoms with Gasteiger partial charge in [-0.15, -0.1) is 0 Å². The molecule has 0 aromatic carbocycles. The summed E-state index contributed by atoms with van der Waals surface area (Å²) in [6, 6.07) is 10.7. The van der Waals surface area contributed by atoms with Crippen LogP contribution in [0.15, 0.2) is 53.6 Å². The largest absolute Gasteiger partial charge is 1.00 e. The number of hydrogen-bond acceptors (Lipinski definition) is 5. The molecule has 4 heterocycles. The first kappa shape index (κ1) is 31.0. The first-order chi connectivity index (χ1) is 15.5. The van der Waals surface area contributed by atoms with Crippen LogP contribution in [0.4, 0.5) is 12.9 Å². The Bertz CT molecular complexity index is 1210. The first-order valence-corrected chi connectivity index (χ1v) is 9.81. The zero-order valence-electron chi connectivity index (χ0n) is 18.5. The molecule has 7 nitrogen and oxygen atoms in total. The maximum absolute atomic E-state index is 11.2. The van der Waals surface area contributed by atoms with Gasteiger partial charge in [-0.25, -0.2) is 15.0 Å². The summed E-state index contributed by atoms with van der Waals surface area (Å²) in [5, 5.41) is 2.54. The molecule has 0 fully saturated rings. The maximum atomic E-state index is 11.2. The summed E-state index contributed by atoms with van der Waals surface area (Å²) >= 11 is 11.4. The summed E-state index contributed by atoms with van der Waals surface area (Å²) in [6.07, 6.45) is 3.26. The number of rotatable bonds is 1. The summed E-state index contributed by atoms with van der Waals surface area (Å²) < 4.78 is 36.6. The SMILES string of the molecule is COc1nccc2ccc(Cl)nc12.C[O+](C)C.FB(F)F.O=c1[nH]ccc2ccc(Cl)nc12.[F-]. The molecule has 0 aliphatic rings. The van der Waals surface area contributed by atoms with E-state index in [0.717, 1.165) is 10.8 Å². The van der Waals surface area contributed by atoms with E-state index in [1.54, 1.807) is 43.8 Å². The third kappa shape index (κ3) is 11.3. The van der Waals surface area contributed by atoms with Crippen molar-refractivity contribution in [1.29, 1.82) is 0 Å². The molecule has 1 N–H and O–H groups in total. The molecule has 0 bridgehead atoms. The molecule has 4 rings (SSSR count). The summed E-state index contributed by atoms with van der Waals surface area (Å²) in [7, 11) is 3.64. The number of halogens is 6. The lowest BCUT2D eigenvalue weighted by atomic mass is 10.2. The van der Waals surface area contributed by atoms with Crippen LogP contribution < -0.4 is 15.0 Å². The van der Waals surface area contributed by atoms with Crippen molar-refractivity contribution in [3.63, 3.8) is 0 Å². The second kappa shape index (κ2) is 15.8. The molecule has 0 unspecified atom stereocenters. The molecular weight excluding hydrogens is 502 g/mol. The van der Waals surface area contributed by atoms with Gasteiger partial charge in [0.15, 0.2) is 0 Å². The molecule has 4 aromatic rings. The molecule has 0 radical (unpaired) electrons. The monoisotopic (exact) mass is 522 g/mol. The summed E-state index contributed by atoms with van der Waals surface area (Å²) in [5.74, 6) is 0.500. The Kier molecular flexibility index (Phi) is 14.4. The van der Waals surface area contributed by atoms with Crippen molar-refractivity contribution in [3.8, 4) is 5.88 Å². The molecule has 14 heteroatoms. The lowest BCUT2D eigenvalue weighted by Crippen LogP contribution is -3.00. The van der Waals surface area contributed by atoms with Crippen molar-refractivity contribution in [2.75, 3.05) is 28.4 Å². The predicted molar refractivity (Wildman–Crippen MR) is 126 cm³/mol. The van der Waals surface area contributed by atoms with Crippen LogP contribution in [0, 0.1) is 0 Å². The van der Waals surface area contributed by atoms with Crippen LogP contribution in [0.1, 0.15) is 0 Å². The molecule has 0 aliphatic heterocycles. The Hall–Kier alpha value is -2.96. The molecule has 184 valence electrons. The number of ether oxygens (including phenoxy) is 1. The fourth-order valence-electron chi connectivity index (χ4n) is 2.19. The maximum Gasteiger partial charge on any atom is 0.762 e. The van der Waals surface area contributed by atoms with E-state index in [2.05, 4.69) is 24.3 Å². The van der Waals surface area contributed by atoms with Crippen molar-refractivity contribution in [2.45, 2.75) is 0 Å². The topological polar surface area (TPSA) is 83.5 Å². The highest BCUT2D eigenvalue weighted by molar-refractivity contribution is 6.33. The van der Waals surface area contributed by atoms with Gasteiger partial charge in [0.25, 0.3) is 5.56 Å². The number of nitrogens with zero attached hydrogens (tertiary/aromatic N) is 3. The van der Waals surface area contributed by atoms with Gasteiger partial charge in [-0.3, -0.25) is 17.7 Å². The van der Waals surface area contributed by atoms with Crippen molar-refractivity contribution in [2.24, 2.45) is 0 Å². The van der Waals surface area contributed by atoms with Gasteiger partial charge in [-0.1, -0.05) is 23.2 Å². The van der Waals surface area contributed by atoms with E-state index in [1.807, 2.05) is 33.5 Å². The third-order valence-electron chi connectivity index (χ3n) is 3.32. The number of H-pyrrole nitrogens is 1. The van der Waals surface area contributed by atoms with Gasteiger partial charge in [0.1, 0.15) is 42.7 Å². The smallest absolute Gasteiger partial charge is 0.762 e. The normalized spacial score (nSPS) is 9.47. The second-order valence-corrected chi connectivity index (χ2v) is 7.15. The molecule has 0 amide bonds. The minimum absolute atomic E-state index is 0. The molecule has 0 atom stereocenters. The van der Waals surface area contributed by atoms with Gasteiger partial charge in [0, 0.05) is 23.2 Å². The van der Waals surface area contributed by atoms with Crippen LogP contribution in [0.2, 0.25) is 10.3 Å². The fourth-order valence-corrected chi connectivity index (χ4v) is 2.48. The summed E-state index contributed by atoms with van der Waals surface area (Å²) in [4.78, 5) is 25.7. The number of methoxy groups -OCH3 is 1. The van der Waals surface area contributed by atoms with Crippen LogP contribution in [-0.4, -0.2) is 55.9 Å². The van der Waals surface area contributed by atoms with Crippen LogP contribution in [0.25, 0.3) is 21.8 Å². The van der Waals surface area contributed by atoms with E-state index < -0.39 is 7.54 Å². The molecule has 34 heavy (non-hydrogen) atoms. The lowest BCUT2D eigenvalue weighted by Gasteiger charge is -2.02. The summed E-state index contributed by atoms with van der Waals surface area (Å²) in [6.45, 7) is 0. The number of fused-ring (bicyclic) bond motifs is 2. The molecular formula is C20H21BCl2F4N4O3. The first-order valence-electron chi connectivity index (χ1n) is 9.05. The van der Waals surface area contributed by atoms with E-state index >= 15 is 0 Å². The van der Waals surface area contributed by atoms with Gasteiger partial charge >= 0.3 is 7.54 Å². The van der Waals surface area contributed by atoms with Gasteiger partial charge in [-0.05, 0) is 36.4 Å². The Morgan fingerprint density at radius 2 is 1.38 bits per heavy atom. The Morgan fingerprint density at radius 3 is 1.88 bits per heavy atom. The van der Waals surface area contributed by atoms with Crippen molar-refractivity contribution in [1.82, 2.24) is 19.9 Å². The molecule has 0 aliphatic carbocycles. The average molecular weight is 523 g/mol. The van der Waals surface area contributed by atoms with Crippen LogP contribution in [0.3, 0.4) is 0 Å². The number of pyridine rings is 4. The minimum Gasteiger partial charge on any atom is -1.00 e. The molecule has 0 spiro atoms. The fraction of sp³-hybridized carbons (Fsp3) is 0.200. The molecule has 4 aromatic heterocycles. The Balaban J connectivity index is 0.000000481. The number of aromatic amines is 1. The van der Waals surface area contributed by atoms with Crippen LogP contribution in [0.5, 0.6) is 5.88 Å². The van der Waals surface area contributed by atoms with Crippen molar-refractivity contribution in [3.05, 3.63) is 69.5 Å². The standard InChI is InChI=1S/C9H7ClN2O.C8H5ClN2O.C3H9O.BF3.FH/c1-13-9-8-6(4-5-11-9)2-3-7(10)12-8;9-6-2-1-5-3-4-10-8(12)7(5)11-6;1-4(2)3;2-1(3)4;/h2-5H,1H3;1-4H,(H,10,12);1-3H3;;1H/q;;+1;;/p-1. The highest BCUT2D eigenvalue weighted by Gasteiger charge is 2.06. The van der Waals surface area contributed by atoms with Gasteiger partial charge in [-0.2, -0.15) is 0 Å². The third-order valence-corrected chi connectivity index (χ3v) is 3.74. The predicted octanol–water partition coefficient (Wildman–Crippen LogP) is 2.18. The quantitative estimate of drug-likeness (QED) is 0.179. The van der Waals surface area contributed by atoms with E-state index in [9.17, 15) is 17.7 Å². The van der Waals surface area contributed by atoms with Crippen LogP contribution >= 0.6 is 23.2 Å². The number of hydrogen-bond donors (Lipinski definition) is 1. The summed E-state index contributed by atoms with van der Waals surface area (Å²) in [5.41, 5.74) is 0.859.